The summed E-state index contributed by atoms with van der Waals surface area (Å²) in [6.07, 6.45) is 0. The molecule has 0 aromatic heterocycles. The lowest BCUT2D eigenvalue weighted by Crippen LogP contribution is -2.42. The lowest BCUT2D eigenvalue weighted by atomic mass is 9.73. The smallest absolute Gasteiger partial charge is 0.321 e. The Morgan fingerprint density at radius 3 is 1.85 bits per heavy atom. The maximum absolute atomic E-state index is 12.2. The van der Waals surface area contributed by atoms with Gasteiger partial charge in [-0.15, -0.1) is 0 Å². The fourth-order valence-electron chi connectivity index (χ4n) is 2.17. The standard InChI is InChI=1S/C16H22O4/c1-5-19-14(17)13(15(18)20-6-2)16(3,4)12-10-8-7-9-11-12/h7-11,13H,5-6H2,1-4H3. The van der Waals surface area contributed by atoms with Gasteiger partial charge in [-0.3, -0.25) is 9.59 Å². The molecule has 0 N–H and O–H groups in total. The molecule has 1 aromatic rings. The molecule has 4 nitrogen and oxygen atoms in total. The zero-order chi connectivity index (χ0) is 15.2. The molecule has 0 spiro atoms. The summed E-state index contributed by atoms with van der Waals surface area (Å²) in [4.78, 5) is 24.3. The molecular formula is C16H22O4. The third-order valence-corrected chi connectivity index (χ3v) is 3.28. The molecule has 1 aromatic carbocycles. The summed E-state index contributed by atoms with van der Waals surface area (Å²) in [5.74, 6) is -2.05. The van der Waals surface area contributed by atoms with Crippen LogP contribution in [0.15, 0.2) is 30.3 Å². The monoisotopic (exact) mass is 278 g/mol. The highest BCUT2D eigenvalue weighted by atomic mass is 16.6. The van der Waals surface area contributed by atoms with Crippen molar-refractivity contribution in [3.63, 3.8) is 0 Å². The van der Waals surface area contributed by atoms with Crippen molar-refractivity contribution in [1.82, 2.24) is 0 Å². The number of carbonyl (C=O) groups excluding carboxylic acids is 2. The fourth-order valence-corrected chi connectivity index (χ4v) is 2.17. The molecule has 0 heterocycles. The third-order valence-electron chi connectivity index (χ3n) is 3.28. The number of hydrogen-bond acceptors (Lipinski definition) is 4. The first kappa shape index (κ1) is 16.2. The van der Waals surface area contributed by atoms with Crippen molar-refractivity contribution < 1.29 is 19.1 Å². The zero-order valence-electron chi connectivity index (χ0n) is 12.5. The summed E-state index contributed by atoms with van der Waals surface area (Å²) in [7, 11) is 0. The Kier molecular flexibility index (Phi) is 5.74. The van der Waals surface area contributed by atoms with Crippen molar-refractivity contribution in [2.45, 2.75) is 33.1 Å². The van der Waals surface area contributed by atoms with Crippen LogP contribution in [0.3, 0.4) is 0 Å². The Bertz CT molecular complexity index is 433. The van der Waals surface area contributed by atoms with Crippen LogP contribution in [-0.2, 0) is 24.5 Å². The molecule has 0 saturated heterocycles. The second-order valence-corrected chi connectivity index (χ2v) is 5.02. The van der Waals surface area contributed by atoms with Gasteiger partial charge in [-0.2, -0.15) is 0 Å². The van der Waals surface area contributed by atoms with E-state index in [9.17, 15) is 9.59 Å². The van der Waals surface area contributed by atoms with Crippen LogP contribution in [0.1, 0.15) is 33.3 Å². The van der Waals surface area contributed by atoms with E-state index < -0.39 is 23.3 Å². The summed E-state index contributed by atoms with van der Waals surface area (Å²) in [6, 6.07) is 9.44. The molecule has 0 unspecified atom stereocenters. The van der Waals surface area contributed by atoms with Crippen LogP contribution in [0, 0.1) is 5.92 Å². The van der Waals surface area contributed by atoms with E-state index in [1.54, 1.807) is 13.8 Å². The van der Waals surface area contributed by atoms with Crippen LogP contribution in [0.25, 0.3) is 0 Å². The molecule has 0 bridgehead atoms. The van der Waals surface area contributed by atoms with E-state index >= 15 is 0 Å². The molecule has 0 aliphatic rings. The average molecular weight is 278 g/mol. The fraction of sp³-hybridized carbons (Fsp3) is 0.500. The summed E-state index contributed by atoms with van der Waals surface area (Å²) in [6.45, 7) is 7.60. The van der Waals surface area contributed by atoms with Crippen LogP contribution in [0.2, 0.25) is 0 Å². The Hall–Kier alpha value is -1.84. The second kappa shape index (κ2) is 7.08. The van der Waals surface area contributed by atoms with E-state index in [2.05, 4.69) is 0 Å². The second-order valence-electron chi connectivity index (χ2n) is 5.02. The molecule has 0 saturated carbocycles. The Morgan fingerprint density at radius 2 is 1.45 bits per heavy atom. The minimum atomic E-state index is -0.968. The van der Waals surface area contributed by atoms with Gasteiger partial charge in [0, 0.05) is 5.41 Å². The maximum Gasteiger partial charge on any atom is 0.321 e. The van der Waals surface area contributed by atoms with Gasteiger partial charge in [-0.05, 0) is 19.4 Å². The summed E-state index contributed by atoms with van der Waals surface area (Å²) in [5, 5.41) is 0. The van der Waals surface area contributed by atoms with Crippen molar-refractivity contribution >= 4 is 11.9 Å². The van der Waals surface area contributed by atoms with Gasteiger partial charge < -0.3 is 9.47 Å². The number of esters is 2. The lowest BCUT2D eigenvalue weighted by Gasteiger charge is -2.31. The molecule has 20 heavy (non-hydrogen) atoms. The topological polar surface area (TPSA) is 52.6 Å². The normalized spacial score (nSPS) is 11.2. The summed E-state index contributed by atoms with van der Waals surface area (Å²) < 4.78 is 10.1. The maximum atomic E-state index is 12.2. The van der Waals surface area contributed by atoms with E-state index in [4.69, 9.17) is 9.47 Å². The van der Waals surface area contributed by atoms with Gasteiger partial charge in [0.2, 0.25) is 0 Å². The van der Waals surface area contributed by atoms with Crippen LogP contribution in [0.5, 0.6) is 0 Å². The number of carbonyl (C=O) groups is 2. The van der Waals surface area contributed by atoms with E-state index in [1.165, 1.54) is 0 Å². The lowest BCUT2D eigenvalue weighted by molar-refractivity contribution is -0.164. The van der Waals surface area contributed by atoms with Crippen molar-refractivity contribution in [2.75, 3.05) is 13.2 Å². The highest BCUT2D eigenvalue weighted by Crippen LogP contribution is 2.33. The molecule has 110 valence electrons. The first-order valence-electron chi connectivity index (χ1n) is 6.83. The first-order valence-corrected chi connectivity index (χ1v) is 6.83. The van der Waals surface area contributed by atoms with Gasteiger partial charge >= 0.3 is 11.9 Å². The van der Waals surface area contributed by atoms with Gasteiger partial charge in [0.1, 0.15) is 0 Å². The van der Waals surface area contributed by atoms with Gasteiger partial charge in [-0.1, -0.05) is 44.2 Å². The first-order chi connectivity index (χ1) is 9.45. The number of ether oxygens (including phenoxy) is 2. The SMILES string of the molecule is CCOC(=O)C(C(=O)OCC)C(C)(C)c1ccccc1. The van der Waals surface area contributed by atoms with Crippen LogP contribution >= 0.6 is 0 Å². The number of benzene rings is 1. The molecule has 1 rings (SSSR count). The van der Waals surface area contributed by atoms with Gasteiger partial charge in [0.05, 0.1) is 13.2 Å². The van der Waals surface area contributed by atoms with E-state index in [0.717, 1.165) is 5.56 Å². The van der Waals surface area contributed by atoms with Gasteiger partial charge in [-0.25, -0.2) is 0 Å². The highest BCUT2D eigenvalue weighted by molar-refractivity contribution is 5.96. The average Bonchev–Trinajstić information content (AvgIpc) is 2.40. The molecule has 0 atom stereocenters. The summed E-state index contributed by atoms with van der Waals surface area (Å²) >= 11 is 0. The Balaban J connectivity index is 3.14. The van der Waals surface area contributed by atoms with Crippen LogP contribution in [-0.4, -0.2) is 25.2 Å². The minimum absolute atomic E-state index is 0.236. The predicted molar refractivity (Wildman–Crippen MR) is 76.2 cm³/mol. The van der Waals surface area contributed by atoms with Crippen molar-refractivity contribution in [3.8, 4) is 0 Å². The number of rotatable bonds is 6. The Labute approximate surface area is 120 Å². The van der Waals surface area contributed by atoms with Crippen LogP contribution < -0.4 is 0 Å². The molecule has 0 amide bonds. The van der Waals surface area contributed by atoms with Crippen LogP contribution in [0.4, 0.5) is 0 Å². The molecule has 4 heteroatoms. The van der Waals surface area contributed by atoms with E-state index in [1.807, 2.05) is 44.2 Å². The van der Waals surface area contributed by atoms with E-state index in [-0.39, 0.29) is 13.2 Å². The largest absolute Gasteiger partial charge is 0.465 e. The van der Waals surface area contributed by atoms with Crippen molar-refractivity contribution in [3.05, 3.63) is 35.9 Å². The predicted octanol–water partition coefficient (Wildman–Crippen LogP) is 2.71. The van der Waals surface area contributed by atoms with Gasteiger partial charge in [0.15, 0.2) is 5.92 Å². The highest BCUT2D eigenvalue weighted by Gasteiger charge is 2.44. The molecule has 0 aliphatic heterocycles. The van der Waals surface area contributed by atoms with Crippen molar-refractivity contribution in [1.29, 1.82) is 0 Å². The Morgan fingerprint density at radius 1 is 1.00 bits per heavy atom. The number of hydrogen-bond donors (Lipinski definition) is 0. The molecule has 0 fully saturated rings. The summed E-state index contributed by atoms with van der Waals surface area (Å²) in [5.41, 5.74) is 0.200. The van der Waals surface area contributed by atoms with Gasteiger partial charge in [0.25, 0.3) is 0 Å². The molecular weight excluding hydrogens is 256 g/mol. The van der Waals surface area contributed by atoms with Crippen molar-refractivity contribution in [2.24, 2.45) is 5.92 Å². The molecule has 0 aliphatic carbocycles. The molecule has 0 radical (unpaired) electrons. The minimum Gasteiger partial charge on any atom is -0.465 e. The van der Waals surface area contributed by atoms with E-state index in [0.29, 0.717) is 0 Å². The zero-order valence-corrected chi connectivity index (χ0v) is 12.5. The quantitative estimate of drug-likeness (QED) is 0.593. The third kappa shape index (κ3) is 3.59.